The van der Waals surface area contributed by atoms with Gasteiger partial charge in [-0.3, -0.25) is 0 Å². The van der Waals surface area contributed by atoms with Crippen LogP contribution in [-0.4, -0.2) is 33.5 Å². The zero-order chi connectivity index (χ0) is 12.2. The molecule has 1 aromatic carbocycles. The fourth-order valence-corrected chi connectivity index (χ4v) is 1.88. The molecule has 5 nitrogen and oxygen atoms in total. The number of ether oxygens (including phenoxy) is 1. The van der Waals surface area contributed by atoms with Crippen molar-refractivity contribution in [3.63, 3.8) is 0 Å². The largest absolute Gasteiger partial charge is 0.473 e. The van der Waals surface area contributed by atoms with Crippen molar-refractivity contribution in [2.24, 2.45) is 4.99 Å². The first-order chi connectivity index (χ1) is 8.92. The number of nitrogens with zero attached hydrogens (tertiary/aromatic N) is 4. The normalized spacial score (nSPS) is 18.2. The van der Waals surface area contributed by atoms with Crippen molar-refractivity contribution in [3.8, 4) is 0 Å². The van der Waals surface area contributed by atoms with Crippen LogP contribution in [0.15, 0.2) is 48.0 Å². The van der Waals surface area contributed by atoms with E-state index in [0.717, 1.165) is 6.42 Å². The standard InChI is InChI=1S/C13H12N4O/c1-2-4-10(5-3-1)6-11-7-18-13(17-11)12-15-8-14-9-16-12/h1-5,8-9,11H,6-7H2. The van der Waals surface area contributed by atoms with Gasteiger partial charge in [-0.2, -0.15) is 0 Å². The van der Waals surface area contributed by atoms with Gasteiger partial charge in [0.1, 0.15) is 19.3 Å². The number of aromatic nitrogens is 3. The van der Waals surface area contributed by atoms with E-state index in [-0.39, 0.29) is 6.04 Å². The van der Waals surface area contributed by atoms with Gasteiger partial charge in [0.05, 0.1) is 6.04 Å². The minimum atomic E-state index is 0.138. The molecular weight excluding hydrogens is 228 g/mol. The lowest BCUT2D eigenvalue weighted by molar-refractivity contribution is 0.315. The molecule has 0 aliphatic carbocycles. The van der Waals surface area contributed by atoms with Gasteiger partial charge in [-0.15, -0.1) is 0 Å². The molecule has 2 aromatic rings. The van der Waals surface area contributed by atoms with Gasteiger partial charge < -0.3 is 4.74 Å². The maximum Gasteiger partial charge on any atom is 0.255 e. The van der Waals surface area contributed by atoms with Gasteiger partial charge in [0, 0.05) is 0 Å². The first-order valence-electron chi connectivity index (χ1n) is 5.79. The lowest BCUT2D eigenvalue weighted by atomic mass is 10.1. The predicted molar refractivity (Wildman–Crippen MR) is 66.3 cm³/mol. The summed E-state index contributed by atoms with van der Waals surface area (Å²) in [6, 6.07) is 10.4. The van der Waals surface area contributed by atoms with Crippen LogP contribution in [0.25, 0.3) is 0 Å². The number of hydrogen-bond acceptors (Lipinski definition) is 5. The molecule has 5 heteroatoms. The molecule has 0 fully saturated rings. The molecule has 0 N–H and O–H groups in total. The first kappa shape index (κ1) is 10.8. The van der Waals surface area contributed by atoms with Crippen molar-refractivity contribution in [1.82, 2.24) is 15.0 Å². The summed E-state index contributed by atoms with van der Waals surface area (Å²) in [4.78, 5) is 16.3. The summed E-state index contributed by atoms with van der Waals surface area (Å²) in [5, 5.41) is 0. The molecule has 0 saturated heterocycles. The maximum absolute atomic E-state index is 5.52. The van der Waals surface area contributed by atoms with E-state index in [9.17, 15) is 0 Å². The van der Waals surface area contributed by atoms with Crippen LogP contribution in [0.2, 0.25) is 0 Å². The van der Waals surface area contributed by atoms with E-state index in [2.05, 4.69) is 32.1 Å². The molecule has 1 aliphatic heterocycles. The van der Waals surface area contributed by atoms with E-state index in [4.69, 9.17) is 4.74 Å². The van der Waals surface area contributed by atoms with Crippen LogP contribution < -0.4 is 0 Å². The van der Waals surface area contributed by atoms with Crippen LogP contribution in [0.4, 0.5) is 0 Å². The van der Waals surface area contributed by atoms with Crippen LogP contribution in [0.5, 0.6) is 0 Å². The highest BCUT2D eigenvalue weighted by Crippen LogP contribution is 2.13. The summed E-state index contributed by atoms with van der Waals surface area (Å²) in [6.45, 7) is 0.579. The van der Waals surface area contributed by atoms with Gasteiger partial charge in [-0.1, -0.05) is 30.3 Å². The third kappa shape index (κ3) is 2.34. The predicted octanol–water partition coefficient (Wildman–Crippen LogP) is 1.26. The molecule has 90 valence electrons. The van der Waals surface area contributed by atoms with Crippen LogP contribution in [0.3, 0.4) is 0 Å². The Kier molecular flexibility index (Phi) is 2.96. The zero-order valence-corrected chi connectivity index (χ0v) is 9.73. The highest BCUT2D eigenvalue weighted by atomic mass is 16.5. The quantitative estimate of drug-likeness (QED) is 0.810. The molecule has 0 spiro atoms. The second-order valence-electron chi connectivity index (χ2n) is 4.05. The Morgan fingerprint density at radius 2 is 1.89 bits per heavy atom. The maximum atomic E-state index is 5.52. The SMILES string of the molecule is c1ccc(CC2COC(c3ncncn3)=N2)cc1. The summed E-state index contributed by atoms with van der Waals surface area (Å²) < 4.78 is 5.52. The van der Waals surface area contributed by atoms with E-state index < -0.39 is 0 Å². The Morgan fingerprint density at radius 3 is 2.67 bits per heavy atom. The van der Waals surface area contributed by atoms with Gasteiger partial charge in [0.15, 0.2) is 0 Å². The van der Waals surface area contributed by atoms with Crippen molar-refractivity contribution in [2.45, 2.75) is 12.5 Å². The Labute approximate surface area is 105 Å². The van der Waals surface area contributed by atoms with Crippen molar-refractivity contribution < 1.29 is 4.74 Å². The minimum Gasteiger partial charge on any atom is -0.473 e. The second-order valence-corrected chi connectivity index (χ2v) is 4.05. The molecular formula is C13H12N4O. The molecule has 0 radical (unpaired) electrons. The Hall–Kier alpha value is -2.30. The average Bonchev–Trinajstić information content (AvgIpc) is 2.89. The second kappa shape index (κ2) is 4.91. The third-order valence-corrected chi connectivity index (χ3v) is 2.71. The van der Waals surface area contributed by atoms with Gasteiger partial charge >= 0.3 is 0 Å². The Balaban J connectivity index is 1.73. The zero-order valence-electron chi connectivity index (χ0n) is 9.73. The number of aliphatic imine (C=N–C) groups is 1. The van der Waals surface area contributed by atoms with Gasteiger partial charge in [-0.25, -0.2) is 19.9 Å². The van der Waals surface area contributed by atoms with E-state index in [1.165, 1.54) is 18.2 Å². The van der Waals surface area contributed by atoms with E-state index >= 15 is 0 Å². The van der Waals surface area contributed by atoms with E-state index in [1.54, 1.807) is 0 Å². The lowest BCUT2D eigenvalue weighted by Gasteiger charge is -2.03. The summed E-state index contributed by atoms with van der Waals surface area (Å²) in [6.07, 6.45) is 3.76. The molecule has 0 bridgehead atoms. The topological polar surface area (TPSA) is 60.3 Å². The summed E-state index contributed by atoms with van der Waals surface area (Å²) >= 11 is 0. The van der Waals surface area contributed by atoms with E-state index in [1.807, 2.05) is 18.2 Å². The summed E-state index contributed by atoms with van der Waals surface area (Å²) in [7, 11) is 0. The molecule has 1 aliphatic rings. The van der Waals surface area contributed by atoms with Gasteiger partial charge in [0.25, 0.3) is 5.90 Å². The van der Waals surface area contributed by atoms with Crippen LogP contribution in [0.1, 0.15) is 11.4 Å². The average molecular weight is 240 g/mol. The van der Waals surface area contributed by atoms with Crippen molar-refractivity contribution in [1.29, 1.82) is 0 Å². The highest BCUT2D eigenvalue weighted by Gasteiger charge is 2.21. The van der Waals surface area contributed by atoms with Crippen molar-refractivity contribution in [3.05, 3.63) is 54.4 Å². The van der Waals surface area contributed by atoms with Gasteiger partial charge in [0.2, 0.25) is 5.82 Å². The minimum absolute atomic E-state index is 0.138. The summed E-state index contributed by atoms with van der Waals surface area (Å²) in [5.74, 6) is 1.01. The number of benzene rings is 1. The fraction of sp³-hybridized carbons (Fsp3) is 0.231. The third-order valence-electron chi connectivity index (χ3n) is 2.71. The molecule has 1 atom stereocenters. The van der Waals surface area contributed by atoms with E-state index in [0.29, 0.717) is 18.3 Å². The molecule has 1 aromatic heterocycles. The van der Waals surface area contributed by atoms with Gasteiger partial charge in [-0.05, 0) is 12.0 Å². The first-order valence-corrected chi connectivity index (χ1v) is 5.79. The molecule has 2 heterocycles. The fourth-order valence-electron chi connectivity index (χ4n) is 1.88. The monoisotopic (exact) mass is 240 g/mol. The highest BCUT2D eigenvalue weighted by molar-refractivity contribution is 5.91. The summed E-state index contributed by atoms with van der Waals surface area (Å²) in [5.41, 5.74) is 1.26. The number of hydrogen-bond donors (Lipinski definition) is 0. The smallest absolute Gasteiger partial charge is 0.255 e. The molecule has 1 unspecified atom stereocenters. The van der Waals surface area contributed by atoms with Crippen LogP contribution >= 0.6 is 0 Å². The van der Waals surface area contributed by atoms with Crippen molar-refractivity contribution in [2.75, 3.05) is 6.61 Å². The van der Waals surface area contributed by atoms with Crippen LogP contribution in [0, 0.1) is 0 Å². The molecule has 0 saturated carbocycles. The molecule has 18 heavy (non-hydrogen) atoms. The Bertz CT molecular complexity index is 541. The molecule has 3 rings (SSSR count). The Morgan fingerprint density at radius 1 is 1.11 bits per heavy atom. The molecule has 0 amide bonds. The van der Waals surface area contributed by atoms with Crippen molar-refractivity contribution >= 4 is 5.90 Å². The number of rotatable bonds is 3. The lowest BCUT2D eigenvalue weighted by Crippen LogP contribution is -2.10. The van der Waals surface area contributed by atoms with Crippen LogP contribution in [-0.2, 0) is 11.2 Å².